The quantitative estimate of drug-likeness (QED) is 0.732. The van der Waals surface area contributed by atoms with E-state index >= 15 is 0 Å². The molecule has 3 heteroatoms. The zero-order valence-corrected chi connectivity index (χ0v) is 9.12. The van der Waals surface area contributed by atoms with Gasteiger partial charge in [0.1, 0.15) is 6.61 Å². The lowest BCUT2D eigenvalue weighted by atomic mass is 10.1. The molecule has 80 valence electrons. The number of hydrogen-bond acceptors (Lipinski definition) is 2. The van der Waals surface area contributed by atoms with Crippen molar-refractivity contribution in [3.8, 4) is 0 Å². The van der Waals surface area contributed by atoms with Gasteiger partial charge in [0.05, 0.1) is 0 Å². The summed E-state index contributed by atoms with van der Waals surface area (Å²) < 4.78 is 4.85. The molecule has 3 nitrogen and oxygen atoms in total. The molecule has 1 amide bonds. The van der Waals surface area contributed by atoms with Gasteiger partial charge in [-0.2, -0.15) is 0 Å². The van der Waals surface area contributed by atoms with E-state index in [0.717, 1.165) is 13.1 Å². The van der Waals surface area contributed by atoms with Gasteiger partial charge in [-0.05, 0) is 18.1 Å². The monoisotopic (exact) mass is 205 g/mol. The average molecular weight is 205 g/mol. The second-order valence-electron chi connectivity index (χ2n) is 3.95. The molecule has 0 fully saturated rings. The second-order valence-corrected chi connectivity index (χ2v) is 3.95. The van der Waals surface area contributed by atoms with Crippen LogP contribution in [0.3, 0.4) is 0 Å². The van der Waals surface area contributed by atoms with Gasteiger partial charge in [0.15, 0.2) is 0 Å². The fourth-order valence-corrected chi connectivity index (χ4v) is 1.91. The summed E-state index contributed by atoms with van der Waals surface area (Å²) in [6.45, 7) is 3.68. The molecule has 0 spiro atoms. The Morgan fingerprint density at radius 2 is 2.13 bits per heavy atom. The average Bonchev–Trinajstić information content (AvgIpc) is 2.60. The number of rotatable bonds is 2. The molecule has 0 N–H and O–H groups in total. The van der Waals surface area contributed by atoms with E-state index in [2.05, 4.69) is 25.1 Å². The molecule has 0 unspecified atom stereocenters. The number of ether oxygens (including phenoxy) is 1. The van der Waals surface area contributed by atoms with Crippen LogP contribution in [0.1, 0.15) is 16.7 Å². The van der Waals surface area contributed by atoms with Crippen LogP contribution in [0.2, 0.25) is 0 Å². The number of hydrogen-bond donors (Lipinski definition) is 0. The van der Waals surface area contributed by atoms with Crippen molar-refractivity contribution in [3.05, 3.63) is 34.9 Å². The van der Waals surface area contributed by atoms with Crippen LogP contribution in [0.5, 0.6) is 0 Å². The van der Waals surface area contributed by atoms with E-state index in [4.69, 9.17) is 4.74 Å². The predicted octanol–water partition coefficient (Wildman–Crippen LogP) is 1.48. The van der Waals surface area contributed by atoms with Crippen LogP contribution in [0.4, 0.5) is 0 Å². The third-order valence-electron chi connectivity index (χ3n) is 2.70. The molecular weight excluding hydrogens is 190 g/mol. The summed E-state index contributed by atoms with van der Waals surface area (Å²) in [5.74, 6) is 0.0614. The lowest BCUT2D eigenvalue weighted by molar-refractivity contribution is -0.135. The zero-order chi connectivity index (χ0) is 10.8. The van der Waals surface area contributed by atoms with E-state index in [0.29, 0.717) is 0 Å². The van der Waals surface area contributed by atoms with Crippen LogP contribution in [0, 0.1) is 6.92 Å². The molecule has 0 aromatic heterocycles. The number of aryl methyl sites for hydroxylation is 1. The lowest BCUT2D eigenvalue weighted by Gasteiger charge is -2.14. The largest absolute Gasteiger partial charge is 0.375 e. The molecule has 1 aromatic rings. The Morgan fingerprint density at radius 1 is 1.40 bits per heavy atom. The summed E-state index contributed by atoms with van der Waals surface area (Å²) >= 11 is 0. The zero-order valence-electron chi connectivity index (χ0n) is 9.12. The maximum absolute atomic E-state index is 11.6. The Labute approximate surface area is 89.7 Å². The van der Waals surface area contributed by atoms with Crippen LogP contribution < -0.4 is 0 Å². The highest BCUT2D eigenvalue weighted by Gasteiger charge is 2.22. The van der Waals surface area contributed by atoms with Gasteiger partial charge < -0.3 is 9.64 Å². The number of fused-ring (bicyclic) bond motifs is 1. The van der Waals surface area contributed by atoms with E-state index in [1.807, 2.05) is 4.90 Å². The highest BCUT2D eigenvalue weighted by atomic mass is 16.5. The van der Waals surface area contributed by atoms with Crippen molar-refractivity contribution in [2.24, 2.45) is 0 Å². The molecule has 0 bridgehead atoms. The highest BCUT2D eigenvalue weighted by molar-refractivity contribution is 5.78. The number of nitrogens with zero attached hydrogens (tertiary/aromatic N) is 1. The maximum atomic E-state index is 11.6. The minimum atomic E-state index is 0.0614. The molecule has 1 heterocycles. The van der Waals surface area contributed by atoms with Crippen molar-refractivity contribution < 1.29 is 9.53 Å². The minimum absolute atomic E-state index is 0.0614. The van der Waals surface area contributed by atoms with Gasteiger partial charge >= 0.3 is 0 Å². The first-order valence-electron chi connectivity index (χ1n) is 5.06. The Bertz CT molecular complexity index is 387. The number of methoxy groups -OCH3 is 1. The van der Waals surface area contributed by atoms with Gasteiger partial charge in [0.2, 0.25) is 5.91 Å². The first kappa shape index (κ1) is 10.2. The van der Waals surface area contributed by atoms with E-state index in [9.17, 15) is 4.79 Å². The fourth-order valence-electron chi connectivity index (χ4n) is 1.91. The van der Waals surface area contributed by atoms with Crippen molar-refractivity contribution in [1.82, 2.24) is 4.90 Å². The third-order valence-corrected chi connectivity index (χ3v) is 2.70. The summed E-state index contributed by atoms with van der Waals surface area (Å²) in [4.78, 5) is 13.4. The van der Waals surface area contributed by atoms with Crippen LogP contribution >= 0.6 is 0 Å². The normalized spacial score (nSPS) is 14.1. The lowest BCUT2D eigenvalue weighted by Crippen LogP contribution is -2.28. The number of amides is 1. The summed E-state index contributed by atoms with van der Waals surface area (Å²) in [5, 5.41) is 0. The third kappa shape index (κ3) is 2.02. The first-order chi connectivity index (χ1) is 7.20. The van der Waals surface area contributed by atoms with Gasteiger partial charge in [-0.1, -0.05) is 23.8 Å². The van der Waals surface area contributed by atoms with Crippen LogP contribution in [0.15, 0.2) is 18.2 Å². The second kappa shape index (κ2) is 4.03. The highest BCUT2D eigenvalue weighted by Crippen LogP contribution is 2.23. The van der Waals surface area contributed by atoms with E-state index in [-0.39, 0.29) is 12.5 Å². The van der Waals surface area contributed by atoms with Crippen molar-refractivity contribution in [1.29, 1.82) is 0 Å². The van der Waals surface area contributed by atoms with E-state index in [1.54, 1.807) is 7.11 Å². The molecule has 0 saturated heterocycles. The number of benzene rings is 1. The van der Waals surface area contributed by atoms with Gasteiger partial charge in [0.25, 0.3) is 0 Å². The maximum Gasteiger partial charge on any atom is 0.249 e. The molecule has 1 aromatic carbocycles. The molecule has 15 heavy (non-hydrogen) atoms. The summed E-state index contributed by atoms with van der Waals surface area (Å²) in [7, 11) is 1.55. The van der Waals surface area contributed by atoms with Crippen LogP contribution in [0.25, 0.3) is 0 Å². The summed E-state index contributed by atoms with van der Waals surface area (Å²) in [6.07, 6.45) is 0. The van der Waals surface area contributed by atoms with Gasteiger partial charge in [0, 0.05) is 20.2 Å². The molecule has 2 rings (SSSR count). The predicted molar refractivity (Wildman–Crippen MR) is 57.3 cm³/mol. The Morgan fingerprint density at radius 3 is 2.87 bits per heavy atom. The first-order valence-corrected chi connectivity index (χ1v) is 5.06. The summed E-state index contributed by atoms with van der Waals surface area (Å²) in [6, 6.07) is 6.34. The van der Waals surface area contributed by atoms with Gasteiger partial charge in [-0.15, -0.1) is 0 Å². The fraction of sp³-hybridized carbons (Fsp3) is 0.417. The van der Waals surface area contributed by atoms with Crippen molar-refractivity contribution in [2.45, 2.75) is 20.0 Å². The van der Waals surface area contributed by atoms with Crippen molar-refractivity contribution in [3.63, 3.8) is 0 Å². The van der Waals surface area contributed by atoms with Crippen LogP contribution in [-0.4, -0.2) is 24.5 Å². The van der Waals surface area contributed by atoms with Crippen molar-refractivity contribution >= 4 is 5.91 Å². The molecule has 1 aliphatic rings. The number of carbonyl (C=O) groups excluding carboxylic acids is 1. The smallest absolute Gasteiger partial charge is 0.249 e. The van der Waals surface area contributed by atoms with Gasteiger partial charge in [-0.3, -0.25) is 4.79 Å². The molecule has 0 saturated carbocycles. The molecule has 1 aliphatic heterocycles. The molecule has 0 atom stereocenters. The van der Waals surface area contributed by atoms with E-state index in [1.165, 1.54) is 16.7 Å². The Balaban J connectivity index is 2.12. The van der Waals surface area contributed by atoms with Crippen LogP contribution in [-0.2, 0) is 22.6 Å². The minimum Gasteiger partial charge on any atom is -0.375 e. The molecular formula is C12H15NO2. The summed E-state index contributed by atoms with van der Waals surface area (Å²) in [5.41, 5.74) is 3.76. The van der Waals surface area contributed by atoms with E-state index < -0.39 is 0 Å². The SMILES string of the molecule is COCC(=O)N1Cc2ccc(C)cc2C1. The Kier molecular flexibility index (Phi) is 2.73. The molecule has 0 radical (unpaired) electrons. The van der Waals surface area contributed by atoms with Gasteiger partial charge in [-0.25, -0.2) is 0 Å². The molecule has 0 aliphatic carbocycles. The number of carbonyl (C=O) groups is 1. The Hall–Kier alpha value is -1.35. The topological polar surface area (TPSA) is 29.5 Å². The standard InChI is InChI=1S/C12H15NO2/c1-9-3-4-10-6-13(7-11(10)5-9)12(14)8-15-2/h3-5H,6-8H2,1-2H3. The van der Waals surface area contributed by atoms with Crippen molar-refractivity contribution in [2.75, 3.05) is 13.7 Å².